The standard InChI is InChI=1S/C15H29ClOSi/c16-11-12-17-18-15(13-7-3-1-4-8-13)14-9-5-2-6-10-14/h13-15H,1-12,18H2. The van der Waals surface area contributed by atoms with Gasteiger partial charge in [-0.3, -0.25) is 0 Å². The Balaban J connectivity index is 1.87. The summed E-state index contributed by atoms with van der Waals surface area (Å²) in [5.74, 6) is 2.68. The van der Waals surface area contributed by atoms with Crippen LogP contribution < -0.4 is 0 Å². The first kappa shape index (κ1) is 14.9. The van der Waals surface area contributed by atoms with Gasteiger partial charge in [0.25, 0.3) is 0 Å². The molecule has 2 fully saturated rings. The molecule has 0 aromatic rings. The highest BCUT2D eigenvalue weighted by Crippen LogP contribution is 2.43. The van der Waals surface area contributed by atoms with E-state index < -0.39 is 0 Å². The normalized spacial score (nSPS) is 24.3. The van der Waals surface area contributed by atoms with Crippen molar-refractivity contribution in [1.29, 1.82) is 0 Å². The van der Waals surface area contributed by atoms with E-state index in [4.69, 9.17) is 16.0 Å². The summed E-state index contributed by atoms with van der Waals surface area (Å²) >= 11 is 5.75. The van der Waals surface area contributed by atoms with Crippen LogP contribution in [0, 0.1) is 11.8 Å². The van der Waals surface area contributed by atoms with Gasteiger partial charge in [-0.15, -0.1) is 11.6 Å². The predicted molar refractivity (Wildman–Crippen MR) is 82.1 cm³/mol. The van der Waals surface area contributed by atoms with Crippen molar-refractivity contribution >= 4 is 21.4 Å². The van der Waals surface area contributed by atoms with Crippen LogP contribution >= 0.6 is 11.6 Å². The third-order valence-corrected chi connectivity index (χ3v) is 7.44. The van der Waals surface area contributed by atoms with Gasteiger partial charge in [-0.1, -0.05) is 64.2 Å². The van der Waals surface area contributed by atoms with Crippen LogP contribution in [0.1, 0.15) is 64.2 Å². The third kappa shape index (κ3) is 4.54. The second kappa shape index (κ2) is 8.60. The lowest BCUT2D eigenvalue weighted by Gasteiger charge is -2.37. The minimum Gasteiger partial charge on any atom is -0.422 e. The molecule has 0 saturated heterocycles. The largest absolute Gasteiger partial charge is 0.422 e. The zero-order valence-electron chi connectivity index (χ0n) is 11.7. The molecule has 0 unspecified atom stereocenters. The van der Waals surface area contributed by atoms with Gasteiger partial charge in [0.1, 0.15) is 0 Å². The van der Waals surface area contributed by atoms with Crippen LogP contribution in [-0.2, 0) is 4.43 Å². The fraction of sp³-hybridized carbons (Fsp3) is 1.00. The van der Waals surface area contributed by atoms with E-state index in [0.717, 1.165) is 24.0 Å². The summed E-state index contributed by atoms with van der Waals surface area (Å²) in [5.41, 5.74) is 0.966. The molecule has 0 aromatic carbocycles. The van der Waals surface area contributed by atoms with Crippen LogP contribution in [0.15, 0.2) is 0 Å². The molecule has 3 heteroatoms. The Morgan fingerprint density at radius 1 is 0.889 bits per heavy atom. The molecular formula is C15H29ClOSi. The summed E-state index contributed by atoms with van der Waals surface area (Å²) in [5, 5.41) is 0. The molecule has 2 saturated carbocycles. The minimum absolute atomic E-state index is 0.360. The Kier molecular flexibility index (Phi) is 7.10. The molecule has 0 N–H and O–H groups in total. The number of halogens is 1. The molecule has 2 rings (SSSR count). The zero-order valence-corrected chi connectivity index (χ0v) is 13.9. The molecule has 0 bridgehead atoms. The highest BCUT2D eigenvalue weighted by atomic mass is 35.5. The maximum Gasteiger partial charge on any atom is 0.165 e. The highest BCUT2D eigenvalue weighted by Gasteiger charge is 2.31. The van der Waals surface area contributed by atoms with Gasteiger partial charge in [-0.25, -0.2) is 0 Å². The van der Waals surface area contributed by atoms with Crippen molar-refractivity contribution in [2.45, 2.75) is 69.7 Å². The predicted octanol–water partition coefficient (Wildman–Crippen LogP) is 4.27. The lowest BCUT2D eigenvalue weighted by molar-refractivity contribution is 0.223. The Hall–Kier alpha value is 0.467. The summed E-state index contributed by atoms with van der Waals surface area (Å²) < 4.78 is 5.96. The van der Waals surface area contributed by atoms with Gasteiger partial charge in [0, 0.05) is 12.5 Å². The highest BCUT2D eigenvalue weighted by molar-refractivity contribution is 6.30. The maximum absolute atomic E-state index is 5.96. The number of rotatable bonds is 6. The average molecular weight is 289 g/mol. The summed E-state index contributed by atoms with van der Waals surface area (Å²) in [6, 6.07) is 0. The molecule has 1 nitrogen and oxygen atoms in total. The van der Waals surface area contributed by atoms with E-state index in [9.17, 15) is 0 Å². The molecule has 0 spiro atoms. The van der Waals surface area contributed by atoms with Gasteiger partial charge in [-0.2, -0.15) is 0 Å². The topological polar surface area (TPSA) is 9.23 Å². The zero-order chi connectivity index (χ0) is 12.6. The van der Waals surface area contributed by atoms with Crippen molar-refractivity contribution in [3.05, 3.63) is 0 Å². The van der Waals surface area contributed by atoms with Crippen LogP contribution in [0.3, 0.4) is 0 Å². The molecule has 0 heterocycles. The quantitative estimate of drug-likeness (QED) is 0.403. The van der Waals surface area contributed by atoms with Crippen LogP contribution in [0.5, 0.6) is 0 Å². The van der Waals surface area contributed by atoms with Gasteiger partial charge in [-0.05, 0) is 17.4 Å². The first-order valence-corrected chi connectivity index (χ1v) is 9.98. The van der Waals surface area contributed by atoms with E-state index in [-0.39, 0.29) is 9.76 Å². The van der Waals surface area contributed by atoms with Crippen molar-refractivity contribution < 1.29 is 4.43 Å². The van der Waals surface area contributed by atoms with E-state index in [0.29, 0.717) is 5.88 Å². The lowest BCUT2D eigenvalue weighted by Crippen LogP contribution is -2.28. The van der Waals surface area contributed by atoms with E-state index in [1.165, 1.54) is 64.2 Å². The number of hydrogen-bond acceptors (Lipinski definition) is 1. The van der Waals surface area contributed by atoms with Crippen molar-refractivity contribution in [2.24, 2.45) is 11.8 Å². The molecule has 0 aromatic heterocycles. The van der Waals surface area contributed by atoms with Crippen LogP contribution in [0.25, 0.3) is 0 Å². The summed E-state index contributed by atoms with van der Waals surface area (Å²) in [6.45, 7) is 0.795. The average Bonchev–Trinajstić information content (AvgIpc) is 2.46. The summed E-state index contributed by atoms with van der Waals surface area (Å²) in [4.78, 5) is 0. The Morgan fingerprint density at radius 2 is 1.39 bits per heavy atom. The van der Waals surface area contributed by atoms with Crippen LogP contribution in [0.4, 0.5) is 0 Å². The van der Waals surface area contributed by atoms with Gasteiger partial charge in [0.15, 0.2) is 9.76 Å². The SMILES string of the molecule is ClCCO[SiH2]C(C1CCCCC1)C1CCCCC1. The van der Waals surface area contributed by atoms with Crippen LogP contribution in [0.2, 0.25) is 5.54 Å². The second-order valence-corrected chi connectivity index (χ2v) is 8.29. The fourth-order valence-corrected chi connectivity index (χ4v) is 6.42. The van der Waals surface area contributed by atoms with Gasteiger partial charge < -0.3 is 4.43 Å². The molecule has 2 aliphatic carbocycles. The van der Waals surface area contributed by atoms with Crippen molar-refractivity contribution in [3.63, 3.8) is 0 Å². The van der Waals surface area contributed by atoms with Crippen molar-refractivity contribution in [3.8, 4) is 0 Å². The van der Waals surface area contributed by atoms with E-state index in [1.807, 2.05) is 0 Å². The molecule has 106 valence electrons. The molecule has 18 heavy (non-hydrogen) atoms. The monoisotopic (exact) mass is 288 g/mol. The first-order chi connectivity index (χ1) is 8.92. The molecule has 2 aliphatic rings. The molecule has 0 aliphatic heterocycles. The Bertz CT molecular complexity index is 195. The molecular weight excluding hydrogens is 260 g/mol. The lowest BCUT2D eigenvalue weighted by atomic mass is 9.77. The molecule has 0 radical (unpaired) electrons. The summed E-state index contributed by atoms with van der Waals surface area (Å²) in [6.07, 6.45) is 14.8. The van der Waals surface area contributed by atoms with E-state index >= 15 is 0 Å². The number of hydrogen-bond donors (Lipinski definition) is 0. The maximum atomic E-state index is 5.96. The van der Waals surface area contributed by atoms with E-state index in [2.05, 4.69) is 0 Å². The van der Waals surface area contributed by atoms with E-state index in [1.54, 1.807) is 0 Å². The van der Waals surface area contributed by atoms with Gasteiger partial charge in [0.05, 0.1) is 0 Å². The summed E-state index contributed by atoms with van der Waals surface area (Å²) in [7, 11) is -0.360. The first-order valence-electron chi connectivity index (χ1n) is 8.05. The van der Waals surface area contributed by atoms with Gasteiger partial charge in [0.2, 0.25) is 0 Å². The Morgan fingerprint density at radius 3 is 1.83 bits per heavy atom. The third-order valence-electron chi connectivity index (χ3n) is 5.04. The van der Waals surface area contributed by atoms with Crippen molar-refractivity contribution in [2.75, 3.05) is 12.5 Å². The minimum atomic E-state index is -0.360. The van der Waals surface area contributed by atoms with Crippen LogP contribution in [-0.4, -0.2) is 22.3 Å². The second-order valence-electron chi connectivity index (χ2n) is 6.22. The smallest absolute Gasteiger partial charge is 0.165 e. The molecule has 0 atom stereocenters. The van der Waals surface area contributed by atoms with Crippen molar-refractivity contribution in [1.82, 2.24) is 0 Å². The number of alkyl halides is 1. The molecule has 0 amide bonds. The van der Waals surface area contributed by atoms with Gasteiger partial charge >= 0.3 is 0 Å². The fourth-order valence-electron chi connectivity index (χ4n) is 4.06. The Labute approximate surface area is 120 Å².